The first-order valence-electron chi connectivity index (χ1n) is 12.6. The van der Waals surface area contributed by atoms with E-state index >= 15 is 0 Å². The van der Waals surface area contributed by atoms with E-state index in [2.05, 4.69) is 0 Å². The number of ketones is 1. The lowest BCUT2D eigenvalue weighted by Gasteiger charge is -2.09. The monoisotopic (exact) mass is 506 g/mol. The van der Waals surface area contributed by atoms with Crippen molar-refractivity contribution in [2.45, 2.75) is 63.7 Å². The molecule has 0 bridgehead atoms. The largest absolute Gasteiger partial charge is 0.494 e. The lowest BCUT2D eigenvalue weighted by molar-refractivity contribution is -0.122. The van der Waals surface area contributed by atoms with Crippen molar-refractivity contribution in [1.82, 2.24) is 0 Å². The molecule has 3 aromatic rings. The second kappa shape index (κ2) is 13.8. The van der Waals surface area contributed by atoms with Crippen molar-refractivity contribution in [2.75, 3.05) is 6.61 Å². The van der Waals surface area contributed by atoms with Gasteiger partial charge in [0.15, 0.2) is 0 Å². The van der Waals surface area contributed by atoms with E-state index in [1.165, 1.54) is 12.1 Å². The van der Waals surface area contributed by atoms with Crippen LogP contribution in [0, 0.1) is 5.92 Å². The van der Waals surface area contributed by atoms with E-state index in [1.54, 1.807) is 12.1 Å². The smallest absolute Gasteiger partial charge is 0.335 e. The molecule has 0 fully saturated rings. The zero-order chi connectivity index (χ0) is 25.9. The number of benzene rings is 3. The van der Waals surface area contributed by atoms with Gasteiger partial charge in [-0.2, -0.15) is 0 Å². The maximum atomic E-state index is 12.7. The Morgan fingerprint density at radius 1 is 0.833 bits per heavy atom. The predicted molar refractivity (Wildman–Crippen MR) is 145 cm³/mol. The van der Waals surface area contributed by atoms with Crippen LogP contribution < -0.4 is 4.74 Å². The van der Waals surface area contributed by atoms with E-state index in [9.17, 15) is 14.4 Å². The van der Waals surface area contributed by atoms with Crippen molar-refractivity contribution in [3.05, 3.63) is 71.8 Å². The van der Waals surface area contributed by atoms with Crippen molar-refractivity contribution in [1.29, 1.82) is 0 Å². The molecule has 0 radical (unpaired) electrons. The summed E-state index contributed by atoms with van der Waals surface area (Å²) < 4.78 is 5.93. The molecule has 3 rings (SSSR count). The van der Waals surface area contributed by atoms with Gasteiger partial charge < -0.3 is 9.84 Å². The fraction of sp³-hybridized carbons (Fsp3) is 0.367. The third-order valence-electron chi connectivity index (χ3n) is 6.31. The average Bonchev–Trinajstić information content (AvgIpc) is 2.89. The number of carbonyl (C=O) groups is 3. The van der Waals surface area contributed by atoms with Crippen LogP contribution in [-0.4, -0.2) is 28.6 Å². The third-order valence-corrected chi connectivity index (χ3v) is 7.24. The maximum Gasteiger partial charge on any atom is 0.335 e. The van der Waals surface area contributed by atoms with Gasteiger partial charge in [0, 0.05) is 22.8 Å². The Morgan fingerprint density at radius 2 is 1.47 bits per heavy atom. The van der Waals surface area contributed by atoms with E-state index in [-0.39, 0.29) is 16.6 Å². The fourth-order valence-electron chi connectivity index (χ4n) is 4.05. The fourth-order valence-corrected chi connectivity index (χ4v) is 4.79. The molecular weight excluding hydrogens is 472 g/mol. The Kier molecular flexibility index (Phi) is 10.6. The first-order valence-corrected chi connectivity index (χ1v) is 13.4. The summed E-state index contributed by atoms with van der Waals surface area (Å²) in [6.45, 7) is 4.63. The van der Waals surface area contributed by atoms with Crippen LogP contribution in [0.5, 0.6) is 5.75 Å². The number of carboxylic acid groups (broad SMARTS) is 1. The molecule has 1 N–H and O–H groups in total. The number of aromatic carboxylic acids is 1. The van der Waals surface area contributed by atoms with Crippen LogP contribution in [0.2, 0.25) is 0 Å². The Labute approximate surface area is 217 Å². The zero-order valence-electron chi connectivity index (χ0n) is 21.0. The molecule has 6 heteroatoms. The van der Waals surface area contributed by atoms with Gasteiger partial charge in [0.25, 0.3) is 0 Å². The van der Waals surface area contributed by atoms with Gasteiger partial charge in [0.1, 0.15) is 11.5 Å². The highest BCUT2D eigenvalue weighted by atomic mass is 32.2. The number of Topliss-reactive ketones (excluding diaryl/α,β-unsaturated/α-hetero) is 1. The highest BCUT2D eigenvalue weighted by Gasteiger charge is 2.11. The Bertz CT molecular complexity index is 1190. The number of hydrogen-bond donors (Lipinski definition) is 1. The Morgan fingerprint density at radius 3 is 2.19 bits per heavy atom. The number of rotatable bonds is 14. The lowest BCUT2D eigenvalue weighted by Crippen LogP contribution is -2.08. The summed E-state index contributed by atoms with van der Waals surface area (Å²) in [6.07, 6.45) is 7.17. The summed E-state index contributed by atoms with van der Waals surface area (Å²) >= 11 is 1.08. The summed E-state index contributed by atoms with van der Waals surface area (Å²) in [6, 6.07) is 17.8. The van der Waals surface area contributed by atoms with E-state index in [0.29, 0.717) is 29.3 Å². The van der Waals surface area contributed by atoms with Crippen molar-refractivity contribution in [2.24, 2.45) is 5.92 Å². The van der Waals surface area contributed by atoms with E-state index in [4.69, 9.17) is 9.84 Å². The first kappa shape index (κ1) is 27.5. The highest BCUT2D eigenvalue weighted by Crippen LogP contribution is 2.27. The minimum atomic E-state index is -0.988. The molecule has 190 valence electrons. The van der Waals surface area contributed by atoms with E-state index in [0.717, 1.165) is 66.8 Å². The Hall–Kier alpha value is -3.12. The van der Waals surface area contributed by atoms with Gasteiger partial charge in [-0.1, -0.05) is 51.7 Å². The van der Waals surface area contributed by atoms with Crippen LogP contribution in [-0.2, 0) is 4.79 Å². The molecule has 5 nitrogen and oxygen atoms in total. The summed E-state index contributed by atoms with van der Waals surface area (Å²) in [5, 5.41) is 10.9. The average molecular weight is 507 g/mol. The summed E-state index contributed by atoms with van der Waals surface area (Å²) in [7, 11) is 0. The first-order chi connectivity index (χ1) is 17.4. The molecule has 0 saturated heterocycles. The SMILES string of the molecule is CCC(=O)C(C)CCCCCCCOc1ccc2cc(C(=O)Sc3ccc(C(=O)O)cc3)ccc2c1. The van der Waals surface area contributed by atoms with Crippen LogP contribution in [0.15, 0.2) is 65.6 Å². The van der Waals surface area contributed by atoms with Gasteiger partial charge in [-0.3, -0.25) is 9.59 Å². The molecular formula is C30H34O5S. The second-order valence-corrected chi connectivity index (χ2v) is 10.1. The van der Waals surface area contributed by atoms with Crippen LogP contribution in [0.1, 0.15) is 79.5 Å². The lowest BCUT2D eigenvalue weighted by atomic mass is 9.97. The molecule has 0 amide bonds. The highest BCUT2D eigenvalue weighted by molar-refractivity contribution is 8.14. The summed E-state index contributed by atoms with van der Waals surface area (Å²) in [4.78, 5) is 36.0. The Balaban J connectivity index is 1.43. The maximum absolute atomic E-state index is 12.7. The number of carbonyl (C=O) groups excluding carboxylic acids is 2. The molecule has 0 aliphatic heterocycles. The zero-order valence-corrected chi connectivity index (χ0v) is 21.8. The van der Waals surface area contributed by atoms with Gasteiger partial charge >= 0.3 is 5.97 Å². The van der Waals surface area contributed by atoms with Crippen LogP contribution >= 0.6 is 11.8 Å². The van der Waals surface area contributed by atoms with Crippen molar-refractivity contribution >= 4 is 39.4 Å². The van der Waals surface area contributed by atoms with E-state index < -0.39 is 5.97 Å². The van der Waals surface area contributed by atoms with Gasteiger partial charge in [-0.15, -0.1) is 0 Å². The van der Waals surface area contributed by atoms with Crippen molar-refractivity contribution in [3.63, 3.8) is 0 Å². The van der Waals surface area contributed by atoms with Gasteiger partial charge in [-0.25, -0.2) is 4.79 Å². The van der Waals surface area contributed by atoms with Crippen molar-refractivity contribution < 1.29 is 24.2 Å². The van der Waals surface area contributed by atoms with E-state index in [1.807, 2.05) is 50.2 Å². The quantitative estimate of drug-likeness (QED) is 0.177. The number of fused-ring (bicyclic) bond motifs is 1. The molecule has 0 spiro atoms. The predicted octanol–water partition coefficient (Wildman–Crippen LogP) is 7.81. The molecule has 1 atom stereocenters. The topological polar surface area (TPSA) is 80.7 Å². The van der Waals surface area contributed by atoms with Gasteiger partial charge in [0.05, 0.1) is 12.2 Å². The second-order valence-electron chi connectivity index (χ2n) is 9.07. The van der Waals surface area contributed by atoms with Gasteiger partial charge in [-0.05, 0) is 83.9 Å². The molecule has 0 aromatic heterocycles. The third kappa shape index (κ3) is 8.23. The van der Waals surface area contributed by atoms with Crippen LogP contribution in [0.4, 0.5) is 0 Å². The summed E-state index contributed by atoms with van der Waals surface area (Å²) in [5.41, 5.74) is 0.790. The number of hydrogen-bond acceptors (Lipinski definition) is 5. The standard InChI is InChI=1S/C30H34O5S/c1-3-28(31)21(2)9-7-5-4-6-8-18-35-26-15-12-23-19-25(11-10-24(23)20-26)30(34)36-27-16-13-22(14-17-27)29(32)33/h10-17,19-21H,3-9,18H2,1-2H3,(H,32,33). The minimum Gasteiger partial charge on any atom is -0.494 e. The van der Waals surface area contributed by atoms with Crippen molar-refractivity contribution in [3.8, 4) is 5.75 Å². The normalized spacial score (nSPS) is 11.8. The van der Waals surface area contributed by atoms with Crippen LogP contribution in [0.25, 0.3) is 10.8 Å². The summed E-state index contributed by atoms with van der Waals surface area (Å²) in [5.74, 6) is 0.391. The molecule has 0 heterocycles. The van der Waals surface area contributed by atoms with Crippen LogP contribution in [0.3, 0.4) is 0 Å². The van der Waals surface area contributed by atoms with Gasteiger partial charge in [0.2, 0.25) is 5.12 Å². The molecule has 0 aliphatic rings. The number of unbranched alkanes of at least 4 members (excludes halogenated alkanes) is 4. The molecule has 0 saturated carbocycles. The molecule has 36 heavy (non-hydrogen) atoms. The number of thioether (sulfide) groups is 1. The molecule has 1 unspecified atom stereocenters. The molecule has 0 aliphatic carbocycles. The minimum absolute atomic E-state index is 0.0910. The molecule has 3 aromatic carbocycles. The number of ether oxygens (including phenoxy) is 1. The number of carboxylic acids is 1.